The molecule has 0 spiro atoms. The van der Waals surface area contributed by atoms with Gasteiger partial charge in [0.25, 0.3) is 0 Å². The van der Waals surface area contributed by atoms with Crippen LogP contribution in [-0.4, -0.2) is 34.8 Å². The zero-order valence-electron chi connectivity index (χ0n) is 16.4. The summed E-state index contributed by atoms with van der Waals surface area (Å²) in [4.78, 5) is 30.3. The number of carbonyl (C=O) groups is 2. The summed E-state index contributed by atoms with van der Waals surface area (Å²) in [6.07, 6.45) is 1.41. The van der Waals surface area contributed by atoms with Gasteiger partial charge in [0.1, 0.15) is 0 Å². The number of nitrogens with zero attached hydrogens (tertiary/aromatic N) is 2. The topological polar surface area (TPSA) is 62.3 Å². The van der Waals surface area contributed by atoms with Gasteiger partial charge in [0.05, 0.1) is 5.69 Å². The van der Waals surface area contributed by atoms with E-state index in [4.69, 9.17) is 0 Å². The Balaban J connectivity index is 1.61. The number of likely N-dealkylation sites (tertiary alicyclic amines) is 1. The average molecular weight is 386 g/mol. The minimum Gasteiger partial charge on any atom is -0.343 e. The Morgan fingerprint density at radius 2 is 1.78 bits per heavy atom. The maximum Gasteiger partial charge on any atom is 0.229 e. The SMILES string of the molecule is CC(=O)N1CCC(C(=O)Nc2nc(-c3ccc(C(C)(C)C)cc3)cs2)CC1. The molecule has 1 saturated heterocycles. The standard InChI is InChI=1S/C21H27N3O2S/c1-14(25)24-11-9-16(10-12-24)19(26)23-20-22-18(13-27-20)15-5-7-17(8-6-15)21(2,3)4/h5-8,13,16H,9-12H2,1-4H3,(H,22,23,26). The first-order valence-electron chi connectivity index (χ1n) is 9.37. The fourth-order valence-corrected chi connectivity index (χ4v) is 3.99. The van der Waals surface area contributed by atoms with E-state index in [1.54, 1.807) is 11.8 Å². The molecule has 6 heteroatoms. The maximum atomic E-state index is 12.5. The van der Waals surface area contributed by atoms with Crippen LogP contribution in [0.5, 0.6) is 0 Å². The lowest BCUT2D eigenvalue weighted by Gasteiger charge is -2.30. The first-order chi connectivity index (χ1) is 12.7. The number of amides is 2. The summed E-state index contributed by atoms with van der Waals surface area (Å²) in [6.45, 7) is 9.46. The lowest BCUT2D eigenvalue weighted by molar-refractivity contribution is -0.132. The van der Waals surface area contributed by atoms with E-state index < -0.39 is 0 Å². The Kier molecular flexibility index (Phi) is 5.65. The van der Waals surface area contributed by atoms with Gasteiger partial charge in [0, 0.05) is 36.9 Å². The fraction of sp³-hybridized carbons (Fsp3) is 0.476. The van der Waals surface area contributed by atoms with Crippen LogP contribution in [0, 0.1) is 5.92 Å². The number of nitrogens with one attached hydrogen (secondary N) is 1. The minimum atomic E-state index is -0.0565. The zero-order chi connectivity index (χ0) is 19.6. The van der Waals surface area contributed by atoms with Crippen LogP contribution in [-0.2, 0) is 15.0 Å². The van der Waals surface area contributed by atoms with Crippen molar-refractivity contribution in [2.75, 3.05) is 18.4 Å². The molecule has 0 radical (unpaired) electrons. The molecule has 2 amide bonds. The summed E-state index contributed by atoms with van der Waals surface area (Å²) in [5.74, 6) is 0.0251. The molecule has 27 heavy (non-hydrogen) atoms. The van der Waals surface area contributed by atoms with E-state index in [0.717, 1.165) is 11.3 Å². The van der Waals surface area contributed by atoms with Gasteiger partial charge in [0.2, 0.25) is 11.8 Å². The highest BCUT2D eigenvalue weighted by atomic mass is 32.1. The zero-order valence-corrected chi connectivity index (χ0v) is 17.2. The van der Waals surface area contributed by atoms with Crippen LogP contribution in [0.15, 0.2) is 29.6 Å². The summed E-state index contributed by atoms with van der Waals surface area (Å²) in [7, 11) is 0. The molecule has 5 nitrogen and oxygen atoms in total. The second-order valence-corrected chi connectivity index (χ2v) is 8.99. The number of aromatic nitrogens is 1. The van der Waals surface area contributed by atoms with Crippen LogP contribution in [0.3, 0.4) is 0 Å². The van der Waals surface area contributed by atoms with Gasteiger partial charge in [-0.15, -0.1) is 11.3 Å². The van der Waals surface area contributed by atoms with Crippen LogP contribution in [0.25, 0.3) is 11.3 Å². The minimum absolute atomic E-state index is 0.00202. The van der Waals surface area contributed by atoms with Crippen molar-refractivity contribution in [2.45, 2.75) is 46.0 Å². The van der Waals surface area contributed by atoms with Crippen molar-refractivity contribution in [1.82, 2.24) is 9.88 Å². The highest BCUT2D eigenvalue weighted by Gasteiger charge is 2.26. The molecule has 0 bridgehead atoms. The van der Waals surface area contributed by atoms with Gasteiger partial charge in [-0.05, 0) is 23.8 Å². The molecule has 1 N–H and O–H groups in total. The Morgan fingerprint density at radius 3 is 2.33 bits per heavy atom. The number of carbonyl (C=O) groups excluding carboxylic acids is 2. The van der Waals surface area contributed by atoms with Gasteiger partial charge < -0.3 is 10.2 Å². The van der Waals surface area contributed by atoms with Crippen molar-refractivity contribution in [3.8, 4) is 11.3 Å². The molecule has 2 heterocycles. The summed E-state index contributed by atoms with van der Waals surface area (Å²) < 4.78 is 0. The van der Waals surface area contributed by atoms with Crippen molar-refractivity contribution in [1.29, 1.82) is 0 Å². The fourth-order valence-electron chi connectivity index (χ4n) is 3.27. The van der Waals surface area contributed by atoms with Crippen LogP contribution in [0.2, 0.25) is 0 Å². The lowest BCUT2D eigenvalue weighted by atomic mass is 9.86. The molecule has 144 valence electrons. The van der Waals surface area contributed by atoms with Crippen LogP contribution < -0.4 is 5.32 Å². The Hall–Kier alpha value is -2.21. The van der Waals surface area contributed by atoms with Gasteiger partial charge in [0.15, 0.2) is 5.13 Å². The van der Waals surface area contributed by atoms with Crippen molar-refractivity contribution in [2.24, 2.45) is 5.92 Å². The molecule has 0 unspecified atom stereocenters. The average Bonchev–Trinajstić information content (AvgIpc) is 3.09. The van der Waals surface area contributed by atoms with Gasteiger partial charge in [-0.2, -0.15) is 0 Å². The Bertz CT molecular complexity index is 813. The molecule has 0 atom stereocenters. The van der Waals surface area contributed by atoms with Crippen LogP contribution >= 0.6 is 11.3 Å². The number of anilines is 1. The summed E-state index contributed by atoms with van der Waals surface area (Å²) in [5, 5.41) is 5.55. The molecule has 1 aromatic heterocycles. The summed E-state index contributed by atoms with van der Waals surface area (Å²) >= 11 is 1.44. The van der Waals surface area contributed by atoms with E-state index in [0.29, 0.717) is 31.1 Å². The van der Waals surface area contributed by atoms with Crippen molar-refractivity contribution >= 4 is 28.3 Å². The molecule has 1 aromatic carbocycles. The van der Waals surface area contributed by atoms with Crippen LogP contribution in [0.1, 0.15) is 46.1 Å². The molecular weight excluding hydrogens is 358 g/mol. The molecule has 1 aliphatic rings. The molecule has 1 aliphatic heterocycles. The van der Waals surface area contributed by atoms with Gasteiger partial charge in [-0.3, -0.25) is 9.59 Å². The van der Waals surface area contributed by atoms with E-state index in [9.17, 15) is 9.59 Å². The summed E-state index contributed by atoms with van der Waals surface area (Å²) in [5.41, 5.74) is 3.33. The lowest BCUT2D eigenvalue weighted by Crippen LogP contribution is -2.40. The second kappa shape index (κ2) is 7.80. The van der Waals surface area contributed by atoms with E-state index in [1.807, 2.05) is 5.38 Å². The quantitative estimate of drug-likeness (QED) is 0.857. The predicted octanol–water partition coefficient (Wildman–Crippen LogP) is 4.30. The maximum absolute atomic E-state index is 12.5. The highest BCUT2D eigenvalue weighted by molar-refractivity contribution is 7.14. The number of rotatable bonds is 3. The van der Waals surface area contributed by atoms with Gasteiger partial charge in [-0.25, -0.2) is 4.98 Å². The third kappa shape index (κ3) is 4.75. The first kappa shape index (κ1) is 19.5. The first-order valence-corrected chi connectivity index (χ1v) is 10.2. The number of thiazole rings is 1. The highest BCUT2D eigenvalue weighted by Crippen LogP contribution is 2.29. The molecule has 3 rings (SSSR count). The van der Waals surface area contributed by atoms with E-state index in [-0.39, 0.29) is 23.1 Å². The normalized spacial score (nSPS) is 15.6. The Labute approximate surface area is 164 Å². The molecule has 2 aromatic rings. The van der Waals surface area contributed by atoms with E-state index in [1.165, 1.54) is 16.9 Å². The largest absolute Gasteiger partial charge is 0.343 e. The smallest absolute Gasteiger partial charge is 0.229 e. The van der Waals surface area contributed by atoms with Gasteiger partial charge >= 0.3 is 0 Å². The number of hydrogen-bond acceptors (Lipinski definition) is 4. The molecular formula is C21H27N3O2S. The number of benzene rings is 1. The van der Waals surface area contributed by atoms with Gasteiger partial charge in [-0.1, -0.05) is 45.0 Å². The second-order valence-electron chi connectivity index (χ2n) is 8.13. The third-order valence-corrected chi connectivity index (χ3v) is 5.85. The molecule has 0 aliphatic carbocycles. The monoisotopic (exact) mass is 385 g/mol. The Morgan fingerprint density at radius 1 is 1.15 bits per heavy atom. The predicted molar refractivity (Wildman–Crippen MR) is 110 cm³/mol. The van der Waals surface area contributed by atoms with E-state index in [2.05, 4.69) is 55.3 Å². The third-order valence-electron chi connectivity index (χ3n) is 5.09. The molecule has 0 saturated carbocycles. The van der Waals surface area contributed by atoms with Crippen molar-refractivity contribution in [3.05, 3.63) is 35.2 Å². The van der Waals surface area contributed by atoms with Crippen molar-refractivity contribution < 1.29 is 9.59 Å². The van der Waals surface area contributed by atoms with Crippen LogP contribution in [0.4, 0.5) is 5.13 Å². The van der Waals surface area contributed by atoms with E-state index >= 15 is 0 Å². The van der Waals surface area contributed by atoms with Crippen molar-refractivity contribution in [3.63, 3.8) is 0 Å². The molecule has 1 fully saturated rings. The summed E-state index contributed by atoms with van der Waals surface area (Å²) in [6, 6.07) is 8.43. The number of hydrogen-bond donors (Lipinski definition) is 1. The number of piperidine rings is 1.